The van der Waals surface area contributed by atoms with Crippen LogP contribution < -0.4 is 30.0 Å². The van der Waals surface area contributed by atoms with E-state index in [0.29, 0.717) is 46.6 Å². The normalized spacial score (nSPS) is 14.0. The van der Waals surface area contributed by atoms with Gasteiger partial charge in [0.15, 0.2) is 11.5 Å². The third-order valence-electron chi connectivity index (χ3n) is 6.24. The number of methoxy groups -OCH3 is 3. The van der Waals surface area contributed by atoms with Crippen molar-refractivity contribution < 1.29 is 14.2 Å². The van der Waals surface area contributed by atoms with Crippen LogP contribution in [0.15, 0.2) is 40.1 Å². The molecule has 9 nitrogen and oxygen atoms in total. The Balaban J connectivity index is 1.67. The minimum atomic E-state index is -0.311. The van der Waals surface area contributed by atoms with Crippen LogP contribution in [-0.4, -0.2) is 57.3 Å². The lowest BCUT2D eigenvalue weighted by Crippen LogP contribution is -2.29. The van der Waals surface area contributed by atoms with Gasteiger partial charge in [0.1, 0.15) is 11.2 Å². The SMILES string of the molecule is COc1cc2nc(N(C)Cc3cccc(C(C4=NCCN4)C(C)C)c3)[nH]c(=O)c2c(OC)c1OC. The molecule has 1 aromatic heterocycles. The highest BCUT2D eigenvalue weighted by Crippen LogP contribution is 2.41. The first kappa shape index (κ1) is 24.4. The summed E-state index contributed by atoms with van der Waals surface area (Å²) in [6.07, 6.45) is 0. The fourth-order valence-corrected chi connectivity index (χ4v) is 4.65. The largest absolute Gasteiger partial charge is 0.493 e. The maximum atomic E-state index is 13.1. The highest BCUT2D eigenvalue weighted by atomic mass is 16.5. The summed E-state index contributed by atoms with van der Waals surface area (Å²) in [5.74, 6) is 3.23. The Labute approximate surface area is 205 Å². The molecule has 1 aliphatic rings. The second kappa shape index (κ2) is 10.2. The van der Waals surface area contributed by atoms with Gasteiger partial charge in [0.25, 0.3) is 5.56 Å². The molecule has 1 atom stereocenters. The molecule has 0 saturated heterocycles. The van der Waals surface area contributed by atoms with E-state index in [1.165, 1.54) is 26.9 Å². The molecular weight excluding hydrogens is 446 g/mol. The zero-order chi connectivity index (χ0) is 25.1. The quantitative estimate of drug-likeness (QED) is 0.485. The van der Waals surface area contributed by atoms with Crippen molar-refractivity contribution in [3.05, 3.63) is 51.8 Å². The summed E-state index contributed by atoms with van der Waals surface area (Å²) >= 11 is 0. The summed E-state index contributed by atoms with van der Waals surface area (Å²) in [7, 11) is 6.42. The molecule has 0 spiro atoms. The molecule has 1 unspecified atom stereocenters. The molecule has 3 aromatic rings. The van der Waals surface area contributed by atoms with E-state index in [0.717, 1.165) is 24.5 Å². The van der Waals surface area contributed by atoms with E-state index in [4.69, 9.17) is 19.2 Å². The number of aliphatic imine (C=N–C) groups is 1. The molecule has 0 bridgehead atoms. The van der Waals surface area contributed by atoms with Crippen molar-refractivity contribution in [1.29, 1.82) is 0 Å². The molecule has 0 radical (unpaired) electrons. The zero-order valence-electron chi connectivity index (χ0n) is 21.1. The average molecular weight is 480 g/mol. The van der Waals surface area contributed by atoms with Crippen LogP contribution in [0.2, 0.25) is 0 Å². The molecule has 2 N–H and O–H groups in total. The van der Waals surface area contributed by atoms with Crippen LogP contribution in [0.3, 0.4) is 0 Å². The Morgan fingerprint density at radius 3 is 2.49 bits per heavy atom. The molecule has 35 heavy (non-hydrogen) atoms. The van der Waals surface area contributed by atoms with Gasteiger partial charge in [-0.05, 0) is 17.0 Å². The summed E-state index contributed by atoms with van der Waals surface area (Å²) in [5.41, 5.74) is 2.49. The van der Waals surface area contributed by atoms with Gasteiger partial charge >= 0.3 is 0 Å². The average Bonchev–Trinajstić information content (AvgIpc) is 3.36. The van der Waals surface area contributed by atoms with E-state index in [1.807, 2.05) is 11.9 Å². The van der Waals surface area contributed by atoms with Gasteiger partial charge in [-0.1, -0.05) is 38.1 Å². The lowest BCUT2D eigenvalue weighted by atomic mass is 9.86. The van der Waals surface area contributed by atoms with Gasteiger partial charge in [-0.15, -0.1) is 0 Å². The van der Waals surface area contributed by atoms with Crippen molar-refractivity contribution in [2.24, 2.45) is 10.9 Å². The summed E-state index contributed by atoms with van der Waals surface area (Å²) < 4.78 is 16.3. The highest BCUT2D eigenvalue weighted by Gasteiger charge is 2.25. The molecule has 2 heterocycles. The predicted molar refractivity (Wildman–Crippen MR) is 138 cm³/mol. The van der Waals surface area contributed by atoms with Crippen molar-refractivity contribution in [2.75, 3.05) is 46.4 Å². The summed E-state index contributed by atoms with van der Waals surface area (Å²) in [6.45, 7) is 6.71. The van der Waals surface area contributed by atoms with Gasteiger partial charge in [0.05, 0.1) is 33.4 Å². The maximum Gasteiger partial charge on any atom is 0.264 e. The zero-order valence-corrected chi connectivity index (χ0v) is 21.1. The molecule has 0 fully saturated rings. The molecule has 0 saturated carbocycles. The number of anilines is 1. The monoisotopic (exact) mass is 479 g/mol. The fourth-order valence-electron chi connectivity index (χ4n) is 4.65. The van der Waals surface area contributed by atoms with Crippen LogP contribution in [0.25, 0.3) is 10.9 Å². The highest BCUT2D eigenvalue weighted by molar-refractivity contribution is 5.91. The lowest BCUT2D eigenvalue weighted by Gasteiger charge is -2.24. The molecule has 9 heteroatoms. The number of ether oxygens (including phenoxy) is 3. The van der Waals surface area contributed by atoms with Crippen molar-refractivity contribution in [1.82, 2.24) is 15.3 Å². The molecule has 0 amide bonds. The first-order valence-corrected chi connectivity index (χ1v) is 11.7. The number of aromatic amines is 1. The number of amidine groups is 1. The third-order valence-corrected chi connectivity index (χ3v) is 6.24. The van der Waals surface area contributed by atoms with Crippen LogP contribution in [0.1, 0.15) is 30.9 Å². The minimum absolute atomic E-state index is 0.219. The van der Waals surface area contributed by atoms with Crippen LogP contribution in [0.5, 0.6) is 17.2 Å². The lowest BCUT2D eigenvalue weighted by molar-refractivity contribution is 0.327. The predicted octanol–water partition coefficient (Wildman–Crippen LogP) is 3.33. The maximum absolute atomic E-state index is 13.1. The Bertz CT molecular complexity index is 1300. The Morgan fingerprint density at radius 1 is 1.09 bits per heavy atom. The number of aromatic nitrogens is 2. The fraction of sp³-hybridized carbons (Fsp3) is 0.423. The number of nitrogens with zero attached hydrogens (tertiary/aromatic N) is 3. The topological polar surface area (TPSA) is 101 Å². The number of hydrogen-bond acceptors (Lipinski definition) is 8. The number of rotatable bonds is 9. The smallest absolute Gasteiger partial charge is 0.264 e. The second-order valence-corrected chi connectivity index (χ2v) is 8.95. The van der Waals surface area contributed by atoms with Crippen molar-refractivity contribution in [2.45, 2.75) is 26.3 Å². The molecule has 0 aliphatic carbocycles. The number of H-pyrrole nitrogens is 1. The summed E-state index contributed by atoms with van der Waals surface area (Å²) in [5, 5.41) is 3.75. The minimum Gasteiger partial charge on any atom is -0.493 e. The molecular formula is C26H33N5O4. The van der Waals surface area contributed by atoms with E-state index in [-0.39, 0.29) is 11.5 Å². The van der Waals surface area contributed by atoms with Gasteiger partial charge < -0.3 is 24.4 Å². The first-order valence-electron chi connectivity index (χ1n) is 11.7. The number of fused-ring (bicyclic) bond motifs is 1. The number of hydrogen-bond donors (Lipinski definition) is 2. The van der Waals surface area contributed by atoms with Crippen LogP contribution in [0, 0.1) is 5.92 Å². The van der Waals surface area contributed by atoms with Gasteiger partial charge in [-0.25, -0.2) is 4.98 Å². The Kier molecular flexibility index (Phi) is 7.14. The van der Waals surface area contributed by atoms with Gasteiger partial charge in [0.2, 0.25) is 11.7 Å². The third kappa shape index (κ3) is 4.76. The van der Waals surface area contributed by atoms with Crippen LogP contribution in [-0.2, 0) is 6.54 Å². The van der Waals surface area contributed by atoms with Crippen molar-refractivity contribution in [3.8, 4) is 17.2 Å². The molecule has 4 rings (SSSR count). The van der Waals surface area contributed by atoms with E-state index < -0.39 is 0 Å². The first-order chi connectivity index (χ1) is 16.9. The van der Waals surface area contributed by atoms with E-state index >= 15 is 0 Å². The van der Waals surface area contributed by atoms with Crippen molar-refractivity contribution >= 4 is 22.7 Å². The standard InChI is InChI=1S/C26H33N5O4/c1-15(2)20(24-27-10-11-28-24)17-9-7-8-16(12-17)14-31(3)26-29-18-13-19(33-4)22(34-5)23(35-6)21(18)25(32)30-26/h7-9,12-13,15,20H,10-11,14H2,1-6H3,(H,27,28)(H,29,30,32). The number of benzene rings is 2. The molecule has 1 aliphatic heterocycles. The van der Waals surface area contributed by atoms with Gasteiger partial charge in [0, 0.05) is 32.1 Å². The second-order valence-electron chi connectivity index (χ2n) is 8.95. The number of nitrogens with one attached hydrogen (secondary N) is 2. The van der Waals surface area contributed by atoms with E-state index in [1.54, 1.807) is 6.07 Å². The van der Waals surface area contributed by atoms with Gasteiger partial charge in [-0.2, -0.15) is 0 Å². The van der Waals surface area contributed by atoms with E-state index in [2.05, 4.69) is 53.4 Å². The molecule has 2 aromatic carbocycles. The van der Waals surface area contributed by atoms with Crippen molar-refractivity contribution in [3.63, 3.8) is 0 Å². The summed E-state index contributed by atoms with van der Waals surface area (Å²) in [4.78, 5) is 27.2. The Hall–Kier alpha value is -3.75. The van der Waals surface area contributed by atoms with E-state index in [9.17, 15) is 4.79 Å². The van der Waals surface area contributed by atoms with Gasteiger partial charge in [-0.3, -0.25) is 14.8 Å². The Morgan fingerprint density at radius 2 is 1.86 bits per heavy atom. The van der Waals surface area contributed by atoms with Crippen LogP contribution in [0.4, 0.5) is 5.95 Å². The van der Waals surface area contributed by atoms with Crippen LogP contribution >= 0.6 is 0 Å². The molecule has 186 valence electrons. The summed E-state index contributed by atoms with van der Waals surface area (Å²) in [6, 6.07) is 10.2.